The van der Waals surface area contributed by atoms with Crippen LogP contribution in [-0.4, -0.2) is 14.4 Å². The fourth-order valence-electron chi connectivity index (χ4n) is 1.89. The first-order valence-electron chi connectivity index (χ1n) is 7.23. The first-order valence-corrected chi connectivity index (χ1v) is 10.1. The van der Waals surface area contributed by atoms with Gasteiger partial charge in [0.05, 0.1) is 0 Å². The summed E-state index contributed by atoms with van der Waals surface area (Å²) < 4.78 is 17.3. The predicted molar refractivity (Wildman–Crippen MR) is 86.1 cm³/mol. The molecule has 4 nitrogen and oxygen atoms in total. The summed E-state index contributed by atoms with van der Waals surface area (Å²) >= 11 is 0. The van der Waals surface area contributed by atoms with Crippen LogP contribution in [0.2, 0.25) is 18.1 Å². The molecule has 0 N–H and O–H groups in total. The average molecular weight is 308 g/mol. The van der Waals surface area contributed by atoms with Gasteiger partial charge in [-0.15, -0.1) is 0 Å². The van der Waals surface area contributed by atoms with Gasteiger partial charge in [-0.3, -0.25) is 0 Å². The van der Waals surface area contributed by atoms with E-state index < -0.39 is 8.32 Å². The van der Waals surface area contributed by atoms with Crippen LogP contribution in [-0.2, 0) is 4.43 Å². The van der Waals surface area contributed by atoms with Crippen LogP contribution < -0.4 is 10.4 Å². The SMILES string of the molecule is Cc1cc2c(c(=O)o1)C=C(O[Si](C)(C)C(C)(C)C)[C@H](C)O2. The van der Waals surface area contributed by atoms with E-state index in [1.165, 1.54) is 0 Å². The van der Waals surface area contributed by atoms with E-state index in [1.807, 2.05) is 6.92 Å². The highest BCUT2D eigenvalue weighted by Gasteiger charge is 2.41. The topological polar surface area (TPSA) is 48.7 Å². The molecule has 2 rings (SSSR count). The molecule has 0 unspecified atom stereocenters. The fraction of sp³-hybridized carbons (Fsp3) is 0.562. The Morgan fingerprint density at radius 2 is 1.90 bits per heavy atom. The van der Waals surface area contributed by atoms with Gasteiger partial charge in [0.15, 0.2) is 6.10 Å². The zero-order valence-electron chi connectivity index (χ0n) is 13.9. The maximum atomic E-state index is 12.0. The number of fused-ring (bicyclic) bond motifs is 1. The molecule has 0 bridgehead atoms. The van der Waals surface area contributed by atoms with Crippen LogP contribution in [0.25, 0.3) is 6.08 Å². The molecule has 21 heavy (non-hydrogen) atoms. The van der Waals surface area contributed by atoms with E-state index in [0.717, 1.165) is 0 Å². The summed E-state index contributed by atoms with van der Waals surface area (Å²) in [5, 5.41) is 0.0891. The maximum absolute atomic E-state index is 12.0. The molecule has 0 radical (unpaired) electrons. The van der Waals surface area contributed by atoms with Gasteiger partial charge in [-0.05, 0) is 38.1 Å². The van der Waals surface area contributed by atoms with Crippen LogP contribution in [0.1, 0.15) is 39.0 Å². The molecule has 1 aliphatic heterocycles. The van der Waals surface area contributed by atoms with Crippen molar-refractivity contribution in [1.82, 2.24) is 0 Å². The molecule has 116 valence electrons. The average Bonchev–Trinajstić information content (AvgIpc) is 2.29. The minimum absolute atomic E-state index is 0.0891. The van der Waals surface area contributed by atoms with Crippen molar-refractivity contribution in [3.05, 3.63) is 33.6 Å². The lowest BCUT2D eigenvalue weighted by Gasteiger charge is -2.39. The van der Waals surface area contributed by atoms with Gasteiger partial charge < -0.3 is 13.6 Å². The third kappa shape index (κ3) is 3.07. The Labute approximate surface area is 126 Å². The Hall–Kier alpha value is -1.49. The molecule has 0 fully saturated rings. The van der Waals surface area contributed by atoms with Gasteiger partial charge in [-0.2, -0.15) is 0 Å². The summed E-state index contributed by atoms with van der Waals surface area (Å²) in [6.45, 7) is 14.6. The molecule has 0 saturated heterocycles. The Balaban J connectivity index is 2.42. The highest BCUT2D eigenvalue weighted by atomic mass is 28.4. The smallest absolute Gasteiger partial charge is 0.347 e. The van der Waals surface area contributed by atoms with E-state index in [9.17, 15) is 4.79 Å². The van der Waals surface area contributed by atoms with Crippen molar-refractivity contribution in [3.8, 4) is 5.75 Å². The lowest BCUT2D eigenvalue weighted by Crippen LogP contribution is -2.42. The third-order valence-electron chi connectivity index (χ3n) is 4.24. The molecule has 0 aromatic carbocycles. The monoisotopic (exact) mass is 308 g/mol. The summed E-state index contributed by atoms with van der Waals surface area (Å²) in [5.74, 6) is 1.83. The largest absolute Gasteiger partial charge is 0.544 e. The molecule has 1 atom stereocenters. The number of hydrogen-bond donors (Lipinski definition) is 0. The first kappa shape index (κ1) is 15.9. The van der Waals surface area contributed by atoms with Crippen molar-refractivity contribution in [3.63, 3.8) is 0 Å². The highest BCUT2D eigenvalue weighted by Crippen LogP contribution is 2.40. The number of aryl methyl sites for hydroxylation is 1. The maximum Gasteiger partial charge on any atom is 0.347 e. The molecule has 0 spiro atoms. The standard InChI is InChI=1S/C16H24O4Si/c1-10-8-14-12(15(17)18-10)9-13(11(2)19-14)20-21(6,7)16(3,4)5/h8-9,11H,1-7H3/t11-/m0/s1. The molecule has 1 aliphatic rings. The number of hydrogen-bond acceptors (Lipinski definition) is 4. The molecule has 0 saturated carbocycles. The molecular formula is C16H24O4Si. The molecule has 0 aliphatic carbocycles. The van der Waals surface area contributed by atoms with E-state index in [1.54, 1.807) is 19.1 Å². The minimum Gasteiger partial charge on any atom is -0.544 e. The van der Waals surface area contributed by atoms with Crippen molar-refractivity contribution in [2.75, 3.05) is 0 Å². The fourth-order valence-corrected chi connectivity index (χ4v) is 3.01. The Morgan fingerprint density at radius 1 is 1.29 bits per heavy atom. The normalized spacial score (nSPS) is 18.6. The van der Waals surface area contributed by atoms with E-state index in [4.69, 9.17) is 13.6 Å². The highest BCUT2D eigenvalue weighted by molar-refractivity contribution is 6.74. The Morgan fingerprint density at radius 3 is 2.48 bits per heavy atom. The van der Waals surface area contributed by atoms with Crippen LogP contribution in [0.3, 0.4) is 0 Å². The van der Waals surface area contributed by atoms with E-state index in [0.29, 0.717) is 22.8 Å². The van der Waals surface area contributed by atoms with Gasteiger partial charge in [0.1, 0.15) is 22.8 Å². The lowest BCUT2D eigenvalue weighted by molar-refractivity contribution is 0.187. The lowest BCUT2D eigenvalue weighted by atomic mass is 10.1. The van der Waals surface area contributed by atoms with E-state index >= 15 is 0 Å². The van der Waals surface area contributed by atoms with Crippen molar-refractivity contribution in [1.29, 1.82) is 0 Å². The van der Waals surface area contributed by atoms with Crippen molar-refractivity contribution >= 4 is 14.4 Å². The summed E-state index contributed by atoms with van der Waals surface area (Å²) in [5.41, 5.74) is 0.0561. The zero-order valence-corrected chi connectivity index (χ0v) is 14.9. The second kappa shape index (κ2) is 5.05. The molecular weight excluding hydrogens is 284 g/mol. The number of ether oxygens (including phenoxy) is 1. The van der Waals surface area contributed by atoms with Crippen LogP contribution in [0.4, 0.5) is 0 Å². The van der Waals surface area contributed by atoms with Crippen LogP contribution in [0.5, 0.6) is 5.75 Å². The Kier molecular flexibility index (Phi) is 3.82. The van der Waals surface area contributed by atoms with Gasteiger partial charge in [-0.25, -0.2) is 4.79 Å². The molecule has 2 heterocycles. The van der Waals surface area contributed by atoms with E-state index in [2.05, 4.69) is 33.9 Å². The van der Waals surface area contributed by atoms with Crippen LogP contribution in [0.15, 0.2) is 21.0 Å². The summed E-state index contributed by atoms with van der Waals surface area (Å²) in [4.78, 5) is 12.0. The second-order valence-electron chi connectivity index (χ2n) is 7.09. The summed E-state index contributed by atoms with van der Waals surface area (Å²) in [6, 6.07) is 1.74. The van der Waals surface area contributed by atoms with Gasteiger partial charge in [0.2, 0.25) is 8.32 Å². The molecule has 1 aromatic rings. The summed E-state index contributed by atoms with van der Waals surface area (Å²) in [6.07, 6.45) is 1.57. The summed E-state index contributed by atoms with van der Waals surface area (Å²) in [7, 11) is -1.96. The van der Waals surface area contributed by atoms with Crippen molar-refractivity contribution in [2.24, 2.45) is 0 Å². The second-order valence-corrected chi connectivity index (χ2v) is 11.8. The van der Waals surface area contributed by atoms with Gasteiger partial charge in [0, 0.05) is 6.07 Å². The predicted octanol–water partition coefficient (Wildman–Crippen LogP) is 4.09. The zero-order chi connectivity index (χ0) is 16.0. The number of rotatable bonds is 2. The van der Waals surface area contributed by atoms with Gasteiger partial charge in [0.25, 0.3) is 0 Å². The van der Waals surface area contributed by atoms with Gasteiger partial charge in [-0.1, -0.05) is 20.8 Å². The van der Waals surface area contributed by atoms with Crippen molar-refractivity contribution in [2.45, 2.75) is 58.9 Å². The minimum atomic E-state index is -1.96. The van der Waals surface area contributed by atoms with Crippen molar-refractivity contribution < 1.29 is 13.6 Å². The third-order valence-corrected chi connectivity index (χ3v) is 8.60. The van der Waals surface area contributed by atoms with Crippen LogP contribution in [0, 0.1) is 6.92 Å². The van der Waals surface area contributed by atoms with Gasteiger partial charge >= 0.3 is 5.63 Å². The Bertz CT molecular complexity index is 635. The molecule has 1 aromatic heterocycles. The quantitative estimate of drug-likeness (QED) is 0.772. The van der Waals surface area contributed by atoms with Crippen LogP contribution >= 0.6 is 0 Å². The first-order chi connectivity index (χ1) is 9.51. The molecule has 5 heteroatoms. The molecule has 0 amide bonds. The van der Waals surface area contributed by atoms with E-state index in [-0.39, 0.29) is 16.8 Å².